The van der Waals surface area contributed by atoms with E-state index in [9.17, 15) is 13.2 Å². The van der Waals surface area contributed by atoms with Gasteiger partial charge in [0.2, 0.25) is 15.9 Å². The molecule has 4 aliphatic carbocycles. The quantitative estimate of drug-likeness (QED) is 0.810. The lowest BCUT2D eigenvalue weighted by Crippen LogP contribution is -2.48. The molecule has 1 N–H and O–H groups in total. The van der Waals surface area contributed by atoms with Gasteiger partial charge in [-0.1, -0.05) is 0 Å². The zero-order valence-electron chi connectivity index (χ0n) is 15.4. The van der Waals surface area contributed by atoms with Gasteiger partial charge in [-0.2, -0.15) is 0 Å². The molecule has 142 valence electrons. The number of carbonyl (C=O) groups excluding carboxylic acids is 1. The van der Waals surface area contributed by atoms with E-state index in [0.29, 0.717) is 31.3 Å². The van der Waals surface area contributed by atoms with Gasteiger partial charge < -0.3 is 5.32 Å². The molecule has 5 aliphatic rings. The maximum atomic E-state index is 12.5. The van der Waals surface area contributed by atoms with E-state index in [1.165, 1.54) is 49.1 Å². The number of rotatable bonds is 5. The minimum absolute atomic E-state index is 0.0191. The fraction of sp³-hybridized carbons (Fsp3) is 0.947. The van der Waals surface area contributed by atoms with Crippen LogP contribution in [-0.2, 0) is 14.8 Å². The van der Waals surface area contributed by atoms with Gasteiger partial charge in [-0.15, -0.1) is 0 Å². The number of carbonyl (C=O) groups is 1. The second-order valence-corrected chi connectivity index (χ2v) is 11.4. The first-order valence-corrected chi connectivity index (χ1v) is 11.9. The zero-order chi connectivity index (χ0) is 17.7. The van der Waals surface area contributed by atoms with Crippen LogP contribution in [0.3, 0.4) is 0 Å². The Hall–Kier alpha value is -0.620. The zero-order valence-corrected chi connectivity index (χ0v) is 16.2. The third-order valence-corrected chi connectivity index (χ3v) is 8.72. The van der Waals surface area contributed by atoms with Crippen molar-refractivity contribution in [2.24, 2.45) is 29.1 Å². The minimum Gasteiger partial charge on any atom is -0.356 e. The van der Waals surface area contributed by atoms with Crippen molar-refractivity contribution >= 4 is 15.9 Å². The fourth-order valence-corrected chi connectivity index (χ4v) is 7.52. The van der Waals surface area contributed by atoms with Crippen LogP contribution in [0.15, 0.2) is 0 Å². The maximum Gasteiger partial charge on any atom is 0.223 e. The van der Waals surface area contributed by atoms with Crippen molar-refractivity contribution in [1.29, 1.82) is 0 Å². The summed E-state index contributed by atoms with van der Waals surface area (Å²) in [5.41, 5.74) is 0.516. The molecule has 0 aromatic rings. The van der Waals surface area contributed by atoms with Gasteiger partial charge in [0.1, 0.15) is 0 Å². The molecular weight excluding hydrogens is 336 g/mol. The Kier molecular flexibility index (Phi) is 4.64. The molecule has 5 rings (SSSR count). The molecule has 0 radical (unpaired) electrons. The number of nitrogens with one attached hydrogen (secondary N) is 1. The van der Waals surface area contributed by atoms with Gasteiger partial charge in [0, 0.05) is 25.6 Å². The molecule has 5 nitrogen and oxygen atoms in total. The molecule has 25 heavy (non-hydrogen) atoms. The molecular formula is C19H32N2O3S. The average molecular weight is 369 g/mol. The van der Waals surface area contributed by atoms with E-state index in [0.717, 1.165) is 30.7 Å². The Morgan fingerprint density at radius 1 is 1.04 bits per heavy atom. The molecule has 1 aliphatic heterocycles. The van der Waals surface area contributed by atoms with E-state index in [1.54, 1.807) is 0 Å². The summed E-state index contributed by atoms with van der Waals surface area (Å²) < 4.78 is 24.6. The first-order valence-electron chi connectivity index (χ1n) is 10.1. The lowest BCUT2D eigenvalue weighted by molar-refractivity contribution is -0.126. The highest BCUT2D eigenvalue weighted by Crippen LogP contribution is 2.61. The minimum atomic E-state index is -3.12. The largest absolute Gasteiger partial charge is 0.356 e. The third kappa shape index (κ3) is 3.75. The number of piperidine rings is 1. The molecule has 1 heterocycles. The Balaban J connectivity index is 1.24. The van der Waals surface area contributed by atoms with Crippen molar-refractivity contribution in [3.8, 4) is 0 Å². The third-order valence-electron chi connectivity index (χ3n) is 7.41. The smallest absolute Gasteiger partial charge is 0.223 e. The lowest BCUT2D eigenvalue weighted by atomic mass is 9.49. The Labute approximate surface area is 152 Å². The molecule has 0 spiro atoms. The lowest BCUT2D eigenvalue weighted by Gasteiger charge is -2.57. The SMILES string of the molecule is CS(=O)(=O)N1CCC(C(=O)NCCC23CC4CC(CC(C4)C2)C3)CC1. The van der Waals surface area contributed by atoms with Crippen LogP contribution in [0.1, 0.15) is 57.8 Å². The summed E-state index contributed by atoms with van der Waals surface area (Å²) in [5, 5.41) is 3.17. The summed E-state index contributed by atoms with van der Waals surface area (Å²) in [4.78, 5) is 12.5. The fourth-order valence-electron chi connectivity index (χ4n) is 6.64. The Morgan fingerprint density at radius 2 is 1.56 bits per heavy atom. The topological polar surface area (TPSA) is 66.5 Å². The van der Waals surface area contributed by atoms with Crippen molar-refractivity contribution in [2.45, 2.75) is 57.8 Å². The van der Waals surface area contributed by atoms with Crippen LogP contribution < -0.4 is 5.32 Å². The van der Waals surface area contributed by atoms with Crippen LogP contribution in [0.4, 0.5) is 0 Å². The molecule has 0 aromatic heterocycles. The Bertz CT molecular complexity index is 587. The maximum absolute atomic E-state index is 12.5. The second kappa shape index (κ2) is 6.52. The van der Waals surface area contributed by atoms with E-state index in [1.807, 2.05) is 0 Å². The predicted octanol–water partition coefficient (Wildman–Crippen LogP) is 2.38. The Morgan fingerprint density at radius 3 is 2.04 bits per heavy atom. The van der Waals surface area contributed by atoms with E-state index in [-0.39, 0.29) is 11.8 Å². The van der Waals surface area contributed by atoms with E-state index in [4.69, 9.17) is 0 Å². The summed E-state index contributed by atoms with van der Waals surface area (Å²) >= 11 is 0. The molecule has 4 saturated carbocycles. The first kappa shape index (κ1) is 17.8. The number of hydrogen-bond acceptors (Lipinski definition) is 3. The predicted molar refractivity (Wildman–Crippen MR) is 97.4 cm³/mol. The van der Waals surface area contributed by atoms with Gasteiger partial charge in [0.25, 0.3) is 0 Å². The van der Waals surface area contributed by atoms with Crippen LogP contribution in [0.2, 0.25) is 0 Å². The monoisotopic (exact) mass is 368 g/mol. The van der Waals surface area contributed by atoms with Crippen LogP contribution in [-0.4, -0.2) is 44.5 Å². The summed E-state index contributed by atoms with van der Waals surface area (Å²) in [7, 11) is -3.12. The average Bonchev–Trinajstić information content (AvgIpc) is 2.52. The summed E-state index contributed by atoms with van der Waals surface area (Å²) in [6.07, 6.45) is 12.3. The van der Waals surface area contributed by atoms with Gasteiger partial charge in [0.05, 0.1) is 6.26 Å². The van der Waals surface area contributed by atoms with Gasteiger partial charge >= 0.3 is 0 Å². The molecule has 0 unspecified atom stereocenters. The van der Waals surface area contributed by atoms with Gasteiger partial charge in [-0.05, 0) is 81.0 Å². The molecule has 6 heteroatoms. The number of nitrogens with zero attached hydrogens (tertiary/aromatic N) is 1. The van der Waals surface area contributed by atoms with E-state index in [2.05, 4.69) is 5.32 Å². The van der Waals surface area contributed by atoms with Gasteiger partial charge in [-0.25, -0.2) is 12.7 Å². The highest BCUT2D eigenvalue weighted by atomic mass is 32.2. The van der Waals surface area contributed by atoms with Crippen LogP contribution in [0.25, 0.3) is 0 Å². The number of amides is 1. The van der Waals surface area contributed by atoms with Crippen molar-refractivity contribution in [2.75, 3.05) is 25.9 Å². The van der Waals surface area contributed by atoms with E-state index < -0.39 is 10.0 Å². The van der Waals surface area contributed by atoms with Crippen molar-refractivity contribution in [1.82, 2.24) is 9.62 Å². The highest BCUT2D eigenvalue weighted by molar-refractivity contribution is 7.88. The molecule has 5 fully saturated rings. The molecule has 1 amide bonds. The summed E-state index contributed by atoms with van der Waals surface area (Å²) in [6.45, 7) is 1.76. The van der Waals surface area contributed by atoms with Gasteiger partial charge in [-0.3, -0.25) is 4.79 Å². The number of sulfonamides is 1. The highest BCUT2D eigenvalue weighted by Gasteiger charge is 2.50. The van der Waals surface area contributed by atoms with Crippen molar-refractivity contribution in [3.63, 3.8) is 0 Å². The molecule has 0 aromatic carbocycles. The van der Waals surface area contributed by atoms with E-state index >= 15 is 0 Å². The normalized spacial score (nSPS) is 38.8. The first-order chi connectivity index (χ1) is 11.8. The van der Waals surface area contributed by atoms with Crippen LogP contribution >= 0.6 is 0 Å². The second-order valence-electron chi connectivity index (χ2n) is 9.39. The van der Waals surface area contributed by atoms with Crippen molar-refractivity contribution < 1.29 is 13.2 Å². The summed E-state index contributed by atoms with van der Waals surface area (Å²) in [6, 6.07) is 0. The summed E-state index contributed by atoms with van der Waals surface area (Å²) in [5.74, 6) is 3.00. The van der Waals surface area contributed by atoms with Crippen molar-refractivity contribution in [3.05, 3.63) is 0 Å². The molecule has 4 bridgehead atoms. The van der Waals surface area contributed by atoms with Crippen LogP contribution in [0.5, 0.6) is 0 Å². The van der Waals surface area contributed by atoms with Gasteiger partial charge in [0.15, 0.2) is 0 Å². The number of hydrogen-bond donors (Lipinski definition) is 1. The molecule has 1 saturated heterocycles. The van der Waals surface area contributed by atoms with Crippen LogP contribution in [0, 0.1) is 29.1 Å². The standard InChI is InChI=1S/C19H32N2O3S/c1-25(23,24)21-6-2-17(3-7-21)18(22)20-5-4-19-11-14-8-15(12-19)10-16(9-14)13-19/h14-17H,2-13H2,1H3,(H,20,22). The molecule has 0 atom stereocenters.